The molecule has 1 heterocycles. The zero-order chi connectivity index (χ0) is 21.7. The zero-order valence-corrected chi connectivity index (χ0v) is 16.9. The predicted octanol–water partition coefficient (Wildman–Crippen LogP) is 1.59. The molecule has 0 bridgehead atoms. The fraction of sp³-hybridized carbons (Fsp3) is 0.727. The first kappa shape index (κ1) is 20.4. The van der Waals surface area contributed by atoms with Crippen molar-refractivity contribution in [1.82, 2.24) is 0 Å². The van der Waals surface area contributed by atoms with Crippen molar-refractivity contribution in [2.24, 2.45) is 22.7 Å². The Morgan fingerprint density at radius 1 is 1.30 bits per heavy atom. The summed E-state index contributed by atoms with van der Waals surface area (Å²) < 4.78 is 43.8. The lowest BCUT2D eigenvalue weighted by Gasteiger charge is -2.63. The molecule has 1 saturated heterocycles. The third-order valence-corrected chi connectivity index (χ3v) is 8.90. The van der Waals surface area contributed by atoms with Crippen LogP contribution in [-0.2, 0) is 19.1 Å². The average Bonchev–Trinajstić information content (AvgIpc) is 3.23. The molecule has 0 amide bonds. The van der Waals surface area contributed by atoms with Crippen LogP contribution < -0.4 is 0 Å². The second-order valence-corrected chi connectivity index (χ2v) is 9.83. The molecule has 5 aliphatic rings. The molecule has 4 fully saturated rings. The average molecular weight is 424 g/mol. The minimum Gasteiger partial charge on any atom is -0.390 e. The summed E-state index contributed by atoms with van der Waals surface area (Å²) in [5.74, 6) is -2.38. The van der Waals surface area contributed by atoms with Crippen molar-refractivity contribution in [3.63, 3.8) is 0 Å². The number of carbonyl (C=O) groups excluding carboxylic acids is 2. The van der Waals surface area contributed by atoms with Crippen LogP contribution in [0.25, 0.3) is 0 Å². The summed E-state index contributed by atoms with van der Waals surface area (Å²) in [7, 11) is 0. The smallest absolute Gasteiger partial charge is 0.193 e. The fourth-order valence-corrected chi connectivity index (χ4v) is 7.53. The van der Waals surface area contributed by atoms with E-state index < -0.39 is 70.5 Å². The Hall–Kier alpha value is -1.48. The molecule has 1 aliphatic heterocycles. The van der Waals surface area contributed by atoms with Crippen molar-refractivity contribution in [2.45, 2.75) is 62.8 Å². The number of Topliss-reactive ketones (excluding diaryl/α,β-unsaturated/α-hetero) is 1. The van der Waals surface area contributed by atoms with Gasteiger partial charge in [0.05, 0.1) is 12.2 Å². The van der Waals surface area contributed by atoms with Crippen LogP contribution in [0.4, 0.5) is 8.78 Å². The Labute approximate surface area is 172 Å². The van der Waals surface area contributed by atoms with Gasteiger partial charge in [-0.25, -0.2) is 8.78 Å². The van der Waals surface area contributed by atoms with Gasteiger partial charge in [0.15, 0.2) is 22.8 Å². The van der Waals surface area contributed by atoms with Gasteiger partial charge in [-0.2, -0.15) is 0 Å². The number of alkyl halides is 2. The lowest BCUT2D eigenvalue weighted by atomic mass is 9.44. The van der Waals surface area contributed by atoms with Crippen LogP contribution in [0.3, 0.4) is 0 Å². The van der Waals surface area contributed by atoms with Crippen LogP contribution in [0.1, 0.15) is 33.1 Å². The highest BCUT2D eigenvalue weighted by molar-refractivity contribution is 6.01. The molecular formula is C22H26F2O6. The highest BCUT2D eigenvalue weighted by atomic mass is 19.1. The summed E-state index contributed by atoms with van der Waals surface area (Å²) in [4.78, 5) is 24.7. The van der Waals surface area contributed by atoms with E-state index in [0.29, 0.717) is 0 Å². The molecule has 0 aromatic rings. The van der Waals surface area contributed by atoms with Crippen molar-refractivity contribution < 1.29 is 38.1 Å². The van der Waals surface area contributed by atoms with Crippen LogP contribution in [0, 0.1) is 22.7 Å². The van der Waals surface area contributed by atoms with Crippen molar-refractivity contribution >= 4 is 11.6 Å². The maximum Gasteiger partial charge on any atom is 0.193 e. The maximum atomic E-state index is 17.0. The van der Waals surface area contributed by atoms with Gasteiger partial charge in [0.1, 0.15) is 19.6 Å². The molecule has 30 heavy (non-hydrogen) atoms. The number of carbonyl (C=O) groups is 2. The highest BCUT2D eigenvalue weighted by Crippen LogP contribution is 2.71. The Morgan fingerprint density at radius 2 is 2.03 bits per heavy atom. The molecule has 0 radical (unpaired) electrons. The van der Waals surface area contributed by atoms with Gasteiger partial charge >= 0.3 is 0 Å². The number of ketones is 2. The number of halogens is 2. The topological polar surface area (TPSA) is 93.1 Å². The van der Waals surface area contributed by atoms with Crippen LogP contribution >= 0.6 is 0 Å². The van der Waals surface area contributed by atoms with E-state index in [-0.39, 0.29) is 31.6 Å². The summed E-state index contributed by atoms with van der Waals surface area (Å²) in [6, 6.07) is 0. The van der Waals surface area contributed by atoms with Crippen molar-refractivity contribution in [3.05, 3.63) is 23.8 Å². The summed E-state index contributed by atoms with van der Waals surface area (Å²) in [6.07, 6.45) is -0.0182. The molecule has 5 rings (SSSR count). The highest BCUT2D eigenvalue weighted by Gasteiger charge is 2.79. The Kier molecular flexibility index (Phi) is 4.12. The minimum atomic E-state index is -2.22. The van der Waals surface area contributed by atoms with E-state index in [1.54, 1.807) is 6.92 Å². The summed E-state index contributed by atoms with van der Waals surface area (Å²) in [6.45, 7) is 2.40. The molecular weight excluding hydrogens is 398 g/mol. The number of rotatable bonds is 2. The molecule has 9 atom stereocenters. The summed E-state index contributed by atoms with van der Waals surface area (Å²) in [5.41, 5.74) is -6.15. The van der Waals surface area contributed by atoms with Crippen LogP contribution in [0.5, 0.6) is 0 Å². The van der Waals surface area contributed by atoms with E-state index >= 15 is 8.78 Å². The van der Waals surface area contributed by atoms with E-state index in [9.17, 15) is 19.8 Å². The number of hydrogen-bond donors (Lipinski definition) is 2. The molecule has 0 aromatic heterocycles. The number of allylic oxidation sites excluding steroid dienone is 4. The molecule has 164 valence electrons. The van der Waals surface area contributed by atoms with E-state index in [4.69, 9.17) is 9.47 Å². The first-order chi connectivity index (χ1) is 14.1. The second-order valence-electron chi connectivity index (χ2n) is 9.83. The normalized spacial score (nSPS) is 54.1. The Morgan fingerprint density at radius 3 is 2.73 bits per heavy atom. The molecule has 0 aromatic carbocycles. The fourth-order valence-electron chi connectivity index (χ4n) is 7.53. The third kappa shape index (κ3) is 2.02. The zero-order valence-electron chi connectivity index (χ0n) is 16.9. The van der Waals surface area contributed by atoms with Gasteiger partial charge in [-0.3, -0.25) is 9.59 Å². The SMILES string of the molecule is CC12C=CC(=O)C=C1[C@@H](F)CC1C3C[C@H]4OCOC4(C(=O)CO)[C@@]3(C)CC(O)[C@@]12F. The van der Waals surface area contributed by atoms with Gasteiger partial charge in [0.2, 0.25) is 0 Å². The second kappa shape index (κ2) is 6.06. The molecule has 8 heteroatoms. The van der Waals surface area contributed by atoms with Gasteiger partial charge in [-0.15, -0.1) is 0 Å². The lowest BCUT2D eigenvalue weighted by Crippen LogP contribution is -2.70. The number of aliphatic hydroxyl groups excluding tert-OH is 2. The summed E-state index contributed by atoms with van der Waals surface area (Å²) >= 11 is 0. The first-order valence-electron chi connectivity index (χ1n) is 10.4. The molecule has 0 spiro atoms. The lowest BCUT2D eigenvalue weighted by molar-refractivity contribution is -0.226. The van der Waals surface area contributed by atoms with E-state index in [2.05, 4.69) is 0 Å². The van der Waals surface area contributed by atoms with Crippen LogP contribution in [0.15, 0.2) is 23.8 Å². The maximum absolute atomic E-state index is 17.0. The monoisotopic (exact) mass is 424 g/mol. The van der Waals surface area contributed by atoms with Gasteiger partial charge in [-0.1, -0.05) is 13.0 Å². The van der Waals surface area contributed by atoms with Gasteiger partial charge in [0, 0.05) is 16.7 Å². The third-order valence-electron chi connectivity index (χ3n) is 8.90. The van der Waals surface area contributed by atoms with Crippen molar-refractivity contribution in [1.29, 1.82) is 0 Å². The minimum absolute atomic E-state index is 0.0586. The predicted molar refractivity (Wildman–Crippen MR) is 99.7 cm³/mol. The largest absolute Gasteiger partial charge is 0.390 e. The van der Waals surface area contributed by atoms with Gasteiger partial charge < -0.3 is 19.7 Å². The van der Waals surface area contributed by atoms with E-state index in [0.717, 1.165) is 6.08 Å². The number of fused-ring (bicyclic) bond motifs is 7. The number of hydrogen-bond acceptors (Lipinski definition) is 6. The van der Waals surface area contributed by atoms with Crippen LogP contribution in [-0.4, -0.2) is 64.8 Å². The number of ether oxygens (including phenoxy) is 2. The van der Waals surface area contributed by atoms with Gasteiger partial charge in [0.25, 0.3) is 0 Å². The molecule has 6 nitrogen and oxygen atoms in total. The molecule has 4 aliphatic carbocycles. The van der Waals surface area contributed by atoms with Gasteiger partial charge in [-0.05, 0) is 49.8 Å². The molecule has 2 N–H and O–H groups in total. The number of aliphatic hydroxyl groups is 2. The quantitative estimate of drug-likeness (QED) is 0.700. The van der Waals surface area contributed by atoms with Crippen molar-refractivity contribution in [2.75, 3.05) is 13.4 Å². The molecule has 3 saturated carbocycles. The van der Waals surface area contributed by atoms with Crippen LogP contribution in [0.2, 0.25) is 0 Å². The van der Waals surface area contributed by atoms with E-state index in [1.165, 1.54) is 19.1 Å². The Balaban J connectivity index is 1.66. The van der Waals surface area contributed by atoms with E-state index in [1.807, 2.05) is 0 Å². The standard InChI is InChI=1S/C22H26F2O6/c1-19-4-3-11(26)5-14(19)15(23)6-13-12-7-18-22(17(28)9-25,30-10-29-18)20(12,2)8-16(27)21(13,19)24/h3-5,12-13,15-16,18,25,27H,6-10H2,1-2H3/t12?,13?,15-,16?,18+,19?,20-,21-,22?/m0/s1. The Bertz CT molecular complexity index is 887. The summed E-state index contributed by atoms with van der Waals surface area (Å²) in [5, 5.41) is 20.8. The van der Waals surface area contributed by atoms with Crippen molar-refractivity contribution in [3.8, 4) is 0 Å². The molecule has 5 unspecified atom stereocenters. The first-order valence-corrected chi connectivity index (χ1v) is 10.4.